The number of carbonyl (C=O) groups is 1. The van der Waals surface area contributed by atoms with Crippen molar-refractivity contribution in [2.24, 2.45) is 0 Å². The molecule has 4 N–H and O–H groups in total. The highest BCUT2D eigenvalue weighted by Crippen LogP contribution is 2.25. The first kappa shape index (κ1) is 23.3. The first-order chi connectivity index (χ1) is 16.6. The van der Waals surface area contributed by atoms with Gasteiger partial charge in [0.1, 0.15) is 0 Å². The molecule has 0 saturated carbocycles. The summed E-state index contributed by atoms with van der Waals surface area (Å²) in [6.07, 6.45) is 10.3. The van der Waals surface area contributed by atoms with Crippen molar-refractivity contribution in [3.05, 3.63) is 95.9 Å². The Kier molecular flexibility index (Phi) is 7.73. The van der Waals surface area contributed by atoms with Crippen LogP contribution < -0.4 is 21.3 Å². The first-order valence-corrected chi connectivity index (χ1v) is 11.7. The predicted molar refractivity (Wildman–Crippen MR) is 142 cm³/mol. The number of amides is 1. The molecular formula is C28H31N5O. The Morgan fingerprint density at radius 1 is 0.971 bits per heavy atom. The van der Waals surface area contributed by atoms with E-state index in [0.29, 0.717) is 12.0 Å². The molecule has 174 valence electrons. The lowest BCUT2D eigenvalue weighted by Gasteiger charge is -2.11. The third-order valence-corrected chi connectivity index (χ3v) is 5.58. The van der Waals surface area contributed by atoms with E-state index in [1.54, 1.807) is 6.20 Å². The highest BCUT2D eigenvalue weighted by Gasteiger charge is 2.10. The van der Waals surface area contributed by atoms with E-state index in [1.807, 2.05) is 54.6 Å². The zero-order valence-electron chi connectivity index (χ0n) is 19.7. The van der Waals surface area contributed by atoms with Crippen LogP contribution in [0.15, 0.2) is 90.3 Å². The number of pyridine rings is 1. The van der Waals surface area contributed by atoms with Gasteiger partial charge in [-0.3, -0.25) is 9.78 Å². The van der Waals surface area contributed by atoms with Gasteiger partial charge in [-0.05, 0) is 74.5 Å². The van der Waals surface area contributed by atoms with E-state index >= 15 is 0 Å². The molecule has 0 fully saturated rings. The van der Waals surface area contributed by atoms with Crippen LogP contribution in [-0.4, -0.2) is 30.5 Å². The third-order valence-electron chi connectivity index (χ3n) is 5.58. The van der Waals surface area contributed by atoms with Gasteiger partial charge in [-0.2, -0.15) is 0 Å². The number of benzene rings is 2. The second-order valence-corrected chi connectivity index (χ2v) is 8.20. The summed E-state index contributed by atoms with van der Waals surface area (Å²) in [5.41, 5.74) is 6.51. The van der Waals surface area contributed by atoms with Crippen molar-refractivity contribution in [2.75, 3.05) is 35.6 Å². The van der Waals surface area contributed by atoms with Gasteiger partial charge in [-0.25, -0.2) is 0 Å². The Hall–Kier alpha value is -3.90. The summed E-state index contributed by atoms with van der Waals surface area (Å²) in [7, 11) is 0. The average molecular weight is 454 g/mol. The largest absolute Gasteiger partial charge is 0.384 e. The molecule has 1 amide bonds. The number of hydrogen-bond donors (Lipinski definition) is 4. The van der Waals surface area contributed by atoms with Crippen molar-refractivity contribution in [1.82, 2.24) is 10.3 Å². The number of carbonyl (C=O) groups excluding carboxylic acids is 1. The Bertz CT molecular complexity index is 1240. The molecule has 0 radical (unpaired) electrons. The van der Waals surface area contributed by atoms with E-state index in [0.717, 1.165) is 53.3 Å². The SMILES string of the molecule is CCNCCNc1ccc(NC(=O)C2=CCC=C(Nc3ccnc4ccc(C)cc34)C=C2)cc1. The quantitative estimate of drug-likeness (QED) is 0.327. The molecule has 1 aliphatic rings. The van der Waals surface area contributed by atoms with E-state index in [4.69, 9.17) is 0 Å². The number of nitrogens with one attached hydrogen (secondary N) is 4. The minimum absolute atomic E-state index is 0.122. The first-order valence-electron chi connectivity index (χ1n) is 11.7. The molecule has 6 heteroatoms. The molecule has 1 aromatic heterocycles. The lowest BCUT2D eigenvalue weighted by Crippen LogP contribution is -2.21. The maximum absolute atomic E-state index is 12.8. The summed E-state index contributed by atoms with van der Waals surface area (Å²) in [6, 6.07) is 16.0. The normalized spacial score (nSPS) is 13.1. The average Bonchev–Trinajstić information content (AvgIpc) is 3.09. The molecule has 1 aliphatic carbocycles. The molecule has 0 bridgehead atoms. The molecule has 34 heavy (non-hydrogen) atoms. The molecule has 4 rings (SSSR count). The van der Waals surface area contributed by atoms with Crippen molar-refractivity contribution < 1.29 is 4.79 Å². The summed E-state index contributed by atoms with van der Waals surface area (Å²) in [5, 5.41) is 14.2. The zero-order chi connectivity index (χ0) is 23.8. The lowest BCUT2D eigenvalue weighted by atomic mass is 10.1. The van der Waals surface area contributed by atoms with E-state index in [9.17, 15) is 4.79 Å². The van der Waals surface area contributed by atoms with E-state index in [2.05, 4.69) is 58.3 Å². The van der Waals surface area contributed by atoms with Gasteiger partial charge in [0.2, 0.25) is 0 Å². The summed E-state index contributed by atoms with van der Waals surface area (Å²) >= 11 is 0. The van der Waals surface area contributed by atoms with Crippen LogP contribution in [0, 0.1) is 6.92 Å². The monoisotopic (exact) mass is 453 g/mol. The van der Waals surface area contributed by atoms with Crippen LogP contribution in [0.25, 0.3) is 10.9 Å². The summed E-state index contributed by atoms with van der Waals surface area (Å²) in [6.45, 7) is 6.90. The molecule has 6 nitrogen and oxygen atoms in total. The fourth-order valence-corrected chi connectivity index (χ4v) is 3.76. The lowest BCUT2D eigenvalue weighted by molar-refractivity contribution is -0.112. The highest BCUT2D eigenvalue weighted by atomic mass is 16.1. The topological polar surface area (TPSA) is 78.1 Å². The van der Waals surface area contributed by atoms with Gasteiger partial charge in [0.25, 0.3) is 5.91 Å². The van der Waals surface area contributed by atoms with Crippen LogP contribution in [0.3, 0.4) is 0 Å². The standard InChI is InChI=1S/C28H31N5O/c1-3-29-17-18-30-22-10-12-24(13-11-22)33-28(34)21-5-4-6-23(9-8-21)32-27-15-16-31-26-14-7-20(2)19-25(26)27/h5-16,19,29-30H,3-4,17-18H2,1-2H3,(H,31,32)(H,33,34). The molecule has 2 aromatic carbocycles. The number of likely N-dealkylation sites (N-methyl/N-ethyl adjacent to an activating group) is 1. The number of aryl methyl sites for hydroxylation is 1. The van der Waals surface area contributed by atoms with Crippen molar-refractivity contribution in [2.45, 2.75) is 20.3 Å². The van der Waals surface area contributed by atoms with Crippen molar-refractivity contribution in [3.63, 3.8) is 0 Å². The maximum Gasteiger partial charge on any atom is 0.255 e. The molecule has 3 aromatic rings. The van der Waals surface area contributed by atoms with Crippen molar-refractivity contribution in [3.8, 4) is 0 Å². The Morgan fingerprint density at radius 2 is 1.79 bits per heavy atom. The number of fused-ring (bicyclic) bond motifs is 1. The fourth-order valence-electron chi connectivity index (χ4n) is 3.76. The van der Waals surface area contributed by atoms with Crippen LogP contribution in [0.5, 0.6) is 0 Å². The van der Waals surface area contributed by atoms with E-state index in [1.165, 1.54) is 5.56 Å². The summed E-state index contributed by atoms with van der Waals surface area (Å²) in [5.74, 6) is -0.122. The maximum atomic E-state index is 12.8. The summed E-state index contributed by atoms with van der Waals surface area (Å²) in [4.78, 5) is 17.3. The predicted octanol–water partition coefficient (Wildman–Crippen LogP) is 5.39. The second-order valence-electron chi connectivity index (χ2n) is 8.20. The van der Waals surface area contributed by atoms with E-state index < -0.39 is 0 Å². The van der Waals surface area contributed by atoms with Gasteiger partial charge < -0.3 is 21.3 Å². The number of nitrogens with zero attached hydrogens (tertiary/aromatic N) is 1. The van der Waals surface area contributed by atoms with Gasteiger partial charge in [0.15, 0.2) is 0 Å². The Morgan fingerprint density at radius 3 is 2.62 bits per heavy atom. The van der Waals surface area contributed by atoms with E-state index in [-0.39, 0.29) is 5.91 Å². The van der Waals surface area contributed by atoms with Crippen LogP contribution in [-0.2, 0) is 4.79 Å². The second kappa shape index (κ2) is 11.3. The van der Waals surface area contributed by atoms with Crippen molar-refractivity contribution in [1.29, 1.82) is 0 Å². The minimum atomic E-state index is -0.122. The van der Waals surface area contributed by atoms with Crippen LogP contribution in [0.1, 0.15) is 18.9 Å². The number of allylic oxidation sites excluding steroid dienone is 3. The number of rotatable bonds is 9. The Balaban J connectivity index is 1.36. The molecule has 0 saturated heterocycles. The number of hydrogen-bond acceptors (Lipinski definition) is 5. The molecular weight excluding hydrogens is 422 g/mol. The van der Waals surface area contributed by atoms with Crippen molar-refractivity contribution >= 4 is 33.9 Å². The molecule has 0 aliphatic heterocycles. The van der Waals surface area contributed by atoms with Gasteiger partial charge in [-0.1, -0.05) is 30.7 Å². The summed E-state index contributed by atoms with van der Waals surface area (Å²) < 4.78 is 0. The number of aromatic nitrogens is 1. The van der Waals surface area contributed by atoms with Gasteiger partial charge in [0.05, 0.1) is 5.52 Å². The molecule has 0 unspecified atom stereocenters. The van der Waals surface area contributed by atoms with Crippen LogP contribution >= 0.6 is 0 Å². The minimum Gasteiger partial charge on any atom is -0.384 e. The number of anilines is 3. The van der Waals surface area contributed by atoms with Gasteiger partial charge in [0, 0.05) is 53.0 Å². The highest BCUT2D eigenvalue weighted by molar-refractivity contribution is 6.06. The van der Waals surface area contributed by atoms with Gasteiger partial charge in [-0.15, -0.1) is 0 Å². The van der Waals surface area contributed by atoms with Crippen LogP contribution in [0.2, 0.25) is 0 Å². The Labute approximate surface area is 200 Å². The third kappa shape index (κ3) is 6.11. The van der Waals surface area contributed by atoms with Gasteiger partial charge >= 0.3 is 0 Å². The smallest absolute Gasteiger partial charge is 0.255 e. The molecule has 0 spiro atoms. The molecule has 1 heterocycles. The molecule has 0 atom stereocenters. The fraction of sp³-hybridized carbons (Fsp3) is 0.214. The zero-order valence-corrected chi connectivity index (χ0v) is 19.7. The van der Waals surface area contributed by atoms with Crippen LogP contribution in [0.4, 0.5) is 17.1 Å².